The van der Waals surface area contributed by atoms with E-state index in [1.165, 1.54) is 12.1 Å². The Morgan fingerprint density at radius 3 is 2.54 bits per heavy atom. The van der Waals surface area contributed by atoms with Crippen molar-refractivity contribution in [1.82, 2.24) is 4.90 Å². The molecular formula is C19H19NO4. The van der Waals surface area contributed by atoms with E-state index in [1.807, 2.05) is 18.2 Å². The summed E-state index contributed by atoms with van der Waals surface area (Å²) in [4.78, 5) is 26.7. The van der Waals surface area contributed by atoms with Gasteiger partial charge in [-0.25, -0.2) is 0 Å². The Labute approximate surface area is 140 Å². The molecule has 1 aliphatic heterocycles. The molecule has 0 saturated carbocycles. The normalized spacial score (nSPS) is 17.0. The molecule has 0 spiro atoms. The van der Waals surface area contributed by atoms with Gasteiger partial charge in [-0.2, -0.15) is 0 Å². The van der Waals surface area contributed by atoms with E-state index in [9.17, 15) is 19.8 Å². The second-order valence-electron chi connectivity index (χ2n) is 5.99. The van der Waals surface area contributed by atoms with E-state index in [4.69, 9.17) is 0 Å². The van der Waals surface area contributed by atoms with Gasteiger partial charge < -0.3 is 15.1 Å². The highest BCUT2D eigenvalue weighted by molar-refractivity contribution is 5.99. The number of benzene rings is 2. The summed E-state index contributed by atoms with van der Waals surface area (Å²) in [6.07, 6.45) is 1.87. The van der Waals surface area contributed by atoms with Crippen molar-refractivity contribution in [2.75, 3.05) is 6.54 Å². The quantitative estimate of drug-likeness (QED) is 0.847. The molecule has 1 heterocycles. The third-order valence-corrected chi connectivity index (χ3v) is 4.37. The van der Waals surface area contributed by atoms with E-state index in [-0.39, 0.29) is 41.2 Å². The second kappa shape index (κ2) is 6.74. The fourth-order valence-corrected chi connectivity index (χ4v) is 3.13. The predicted octanol–water partition coefficient (Wildman–Crippen LogP) is 2.98. The molecule has 1 atom stereocenters. The lowest BCUT2D eigenvalue weighted by molar-refractivity contribution is 0.0714. The highest BCUT2D eigenvalue weighted by atomic mass is 16.3. The lowest BCUT2D eigenvalue weighted by atomic mass is 10.0. The maximum atomic E-state index is 12.7. The maximum Gasteiger partial charge on any atom is 0.257 e. The number of aromatic hydroxyl groups is 2. The van der Waals surface area contributed by atoms with Crippen molar-refractivity contribution >= 4 is 11.7 Å². The molecule has 0 aliphatic carbocycles. The molecule has 0 bridgehead atoms. The zero-order valence-corrected chi connectivity index (χ0v) is 13.2. The summed E-state index contributed by atoms with van der Waals surface area (Å²) in [7, 11) is 0. The zero-order chi connectivity index (χ0) is 17.1. The van der Waals surface area contributed by atoms with Crippen molar-refractivity contribution in [2.24, 2.45) is 0 Å². The first-order valence-electron chi connectivity index (χ1n) is 7.97. The van der Waals surface area contributed by atoms with Crippen molar-refractivity contribution in [1.29, 1.82) is 0 Å². The van der Waals surface area contributed by atoms with Crippen LogP contribution in [0.2, 0.25) is 0 Å². The first-order chi connectivity index (χ1) is 11.6. The minimum Gasteiger partial charge on any atom is -0.508 e. The number of Topliss-reactive ketones (excluding diaryl/α,β-unsaturated/α-hetero) is 1. The molecule has 1 saturated heterocycles. The highest BCUT2D eigenvalue weighted by Gasteiger charge is 2.32. The SMILES string of the molecule is O=C(CC1CCCN1C(=O)c1ccc(O)cc1O)c1ccccc1. The summed E-state index contributed by atoms with van der Waals surface area (Å²) >= 11 is 0. The Kier molecular flexibility index (Phi) is 4.51. The average molecular weight is 325 g/mol. The third kappa shape index (κ3) is 3.25. The number of nitrogens with zero attached hydrogens (tertiary/aromatic N) is 1. The van der Waals surface area contributed by atoms with E-state index < -0.39 is 0 Å². The Morgan fingerprint density at radius 2 is 1.83 bits per heavy atom. The standard InChI is InChI=1S/C19H19NO4/c21-15-8-9-16(18(23)12-15)19(24)20-10-4-7-14(20)11-17(22)13-5-2-1-3-6-13/h1-3,5-6,8-9,12,14,21,23H,4,7,10-11H2. The summed E-state index contributed by atoms with van der Waals surface area (Å²) in [5, 5.41) is 19.2. The van der Waals surface area contributed by atoms with Gasteiger partial charge >= 0.3 is 0 Å². The Morgan fingerprint density at radius 1 is 1.08 bits per heavy atom. The van der Waals surface area contributed by atoms with Crippen LogP contribution in [0, 0.1) is 0 Å². The van der Waals surface area contributed by atoms with Crippen LogP contribution in [0.5, 0.6) is 11.5 Å². The molecule has 3 rings (SSSR count). The Balaban J connectivity index is 1.75. The average Bonchev–Trinajstić information content (AvgIpc) is 3.03. The number of phenolic OH excluding ortho intramolecular Hbond substituents is 2. The van der Waals surface area contributed by atoms with E-state index in [0.717, 1.165) is 18.9 Å². The van der Waals surface area contributed by atoms with Crippen molar-refractivity contribution in [3.63, 3.8) is 0 Å². The predicted molar refractivity (Wildman–Crippen MR) is 89.2 cm³/mol. The van der Waals surface area contributed by atoms with Crippen molar-refractivity contribution in [3.8, 4) is 11.5 Å². The second-order valence-corrected chi connectivity index (χ2v) is 5.99. The van der Waals surface area contributed by atoms with Gasteiger partial charge in [0.15, 0.2) is 5.78 Å². The van der Waals surface area contributed by atoms with Crippen LogP contribution in [0.1, 0.15) is 40.0 Å². The number of rotatable bonds is 4. The van der Waals surface area contributed by atoms with E-state index >= 15 is 0 Å². The number of carbonyl (C=O) groups is 2. The molecule has 2 aromatic rings. The van der Waals surface area contributed by atoms with Crippen LogP contribution in [0.4, 0.5) is 0 Å². The van der Waals surface area contributed by atoms with Crippen LogP contribution in [0.3, 0.4) is 0 Å². The van der Waals surface area contributed by atoms with E-state index in [1.54, 1.807) is 17.0 Å². The minimum atomic E-state index is -0.309. The number of hydrogen-bond donors (Lipinski definition) is 2. The molecule has 1 aliphatic rings. The smallest absolute Gasteiger partial charge is 0.257 e. The van der Waals surface area contributed by atoms with Crippen LogP contribution in [0.25, 0.3) is 0 Å². The molecule has 0 radical (unpaired) electrons. The van der Waals surface area contributed by atoms with Gasteiger partial charge in [0.2, 0.25) is 0 Å². The molecule has 2 N–H and O–H groups in total. The first kappa shape index (κ1) is 16.1. The Hall–Kier alpha value is -2.82. The van der Waals surface area contributed by atoms with Gasteiger partial charge in [-0.1, -0.05) is 30.3 Å². The van der Waals surface area contributed by atoms with Gasteiger partial charge in [0, 0.05) is 30.6 Å². The zero-order valence-electron chi connectivity index (χ0n) is 13.2. The monoisotopic (exact) mass is 325 g/mol. The van der Waals surface area contributed by atoms with Crippen molar-refractivity contribution in [3.05, 3.63) is 59.7 Å². The fraction of sp³-hybridized carbons (Fsp3) is 0.263. The van der Waals surface area contributed by atoms with Crippen molar-refractivity contribution in [2.45, 2.75) is 25.3 Å². The largest absolute Gasteiger partial charge is 0.508 e. The Bertz CT molecular complexity index is 757. The van der Waals surface area contributed by atoms with Crippen LogP contribution in [-0.2, 0) is 0 Å². The van der Waals surface area contributed by atoms with Crippen LogP contribution in [-0.4, -0.2) is 39.4 Å². The molecule has 1 unspecified atom stereocenters. The van der Waals surface area contributed by atoms with E-state index in [0.29, 0.717) is 12.1 Å². The van der Waals surface area contributed by atoms with Crippen LogP contribution < -0.4 is 0 Å². The lowest BCUT2D eigenvalue weighted by Crippen LogP contribution is -2.36. The number of likely N-dealkylation sites (tertiary alicyclic amines) is 1. The molecule has 124 valence electrons. The molecular weight excluding hydrogens is 306 g/mol. The number of phenols is 2. The third-order valence-electron chi connectivity index (χ3n) is 4.37. The lowest BCUT2D eigenvalue weighted by Gasteiger charge is -2.24. The number of carbonyl (C=O) groups excluding carboxylic acids is 2. The van der Waals surface area contributed by atoms with Crippen LogP contribution >= 0.6 is 0 Å². The molecule has 5 heteroatoms. The fourth-order valence-electron chi connectivity index (χ4n) is 3.13. The number of ketones is 1. The summed E-state index contributed by atoms with van der Waals surface area (Å²) in [5.41, 5.74) is 0.788. The molecule has 5 nitrogen and oxygen atoms in total. The molecule has 2 aromatic carbocycles. The molecule has 1 fully saturated rings. The summed E-state index contributed by atoms with van der Waals surface area (Å²) in [5.74, 6) is -0.646. The summed E-state index contributed by atoms with van der Waals surface area (Å²) in [6, 6.07) is 12.8. The molecule has 1 amide bonds. The van der Waals surface area contributed by atoms with Crippen LogP contribution in [0.15, 0.2) is 48.5 Å². The first-order valence-corrected chi connectivity index (χ1v) is 7.97. The summed E-state index contributed by atoms with van der Waals surface area (Å²) < 4.78 is 0. The van der Waals surface area contributed by atoms with Gasteiger partial charge in [0.1, 0.15) is 11.5 Å². The van der Waals surface area contributed by atoms with Gasteiger partial charge in [-0.05, 0) is 25.0 Å². The molecule has 0 aromatic heterocycles. The van der Waals surface area contributed by atoms with Gasteiger partial charge in [0.05, 0.1) is 5.56 Å². The van der Waals surface area contributed by atoms with E-state index in [2.05, 4.69) is 0 Å². The topological polar surface area (TPSA) is 77.8 Å². The highest BCUT2D eigenvalue weighted by Crippen LogP contribution is 2.28. The van der Waals surface area contributed by atoms with Gasteiger partial charge in [-0.3, -0.25) is 9.59 Å². The summed E-state index contributed by atoms with van der Waals surface area (Å²) in [6.45, 7) is 0.561. The van der Waals surface area contributed by atoms with Gasteiger partial charge in [0.25, 0.3) is 5.91 Å². The van der Waals surface area contributed by atoms with Gasteiger partial charge in [-0.15, -0.1) is 0 Å². The number of amides is 1. The maximum absolute atomic E-state index is 12.7. The number of hydrogen-bond acceptors (Lipinski definition) is 4. The molecule has 24 heavy (non-hydrogen) atoms. The van der Waals surface area contributed by atoms with Crippen molar-refractivity contribution < 1.29 is 19.8 Å². The minimum absolute atomic E-state index is 0.00947.